The standard InChI is InChI=1S/C10H22N4S4/c1-3-11-9(15)13-5-7-17-18-8-6-14-10(16)12-4-2/h3-8H2,1-2H3,(H2,11,13,15)(H2,12,14,16). The number of thiocarbonyl (C=S) groups is 2. The Morgan fingerprint density at radius 3 is 1.50 bits per heavy atom. The Morgan fingerprint density at radius 1 is 0.778 bits per heavy atom. The molecule has 0 heterocycles. The summed E-state index contributed by atoms with van der Waals surface area (Å²) < 4.78 is 0. The van der Waals surface area contributed by atoms with Gasteiger partial charge in [0.15, 0.2) is 10.2 Å². The Morgan fingerprint density at radius 2 is 1.17 bits per heavy atom. The molecule has 4 nitrogen and oxygen atoms in total. The van der Waals surface area contributed by atoms with E-state index in [1.807, 2.05) is 35.4 Å². The zero-order chi connectivity index (χ0) is 13.6. The van der Waals surface area contributed by atoms with Crippen LogP contribution in [0.4, 0.5) is 0 Å². The van der Waals surface area contributed by atoms with E-state index in [0.29, 0.717) is 0 Å². The first-order valence-electron chi connectivity index (χ1n) is 5.98. The van der Waals surface area contributed by atoms with Gasteiger partial charge in [0.05, 0.1) is 0 Å². The summed E-state index contributed by atoms with van der Waals surface area (Å²) >= 11 is 10.1. The lowest BCUT2D eigenvalue weighted by Crippen LogP contribution is -2.36. The molecule has 0 aliphatic carbocycles. The van der Waals surface area contributed by atoms with Crippen molar-refractivity contribution in [3.05, 3.63) is 0 Å². The lowest BCUT2D eigenvalue weighted by Gasteiger charge is -2.09. The van der Waals surface area contributed by atoms with Gasteiger partial charge in [-0.2, -0.15) is 0 Å². The lowest BCUT2D eigenvalue weighted by molar-refractivity contribution is 0.887. The van der Waals surface area contributed by atoms with E-state index in [4.69, 9.17) is 24.4 Å². The summed E-state index contributed by atoms with van der Waals surface area (Å²) in [4.78, 5) is 0. The minimum Gasteiger partial charge on any atom is -0.363 e. The van der Waals surface area contributed by atoms with Gasteiger partial charge in [-0.05, 0) is 38.3 Å². The van der Waals surface area contributed by atoms with Crippen LogP contribution >= 0.6 is 46.0 Å². The van der Waals surface area contributed by atoms with Crippen LogP contribution < -0.4 is 21.3 Å². The van der Waals surface area contributed by atoms with Crippen molar-refractivity contribution in [3.63, 3.8) is 0 Å². The highest BCUT2D eigenvalue weighted by Gasteiger charge is 1.95. The molecule has 0 saturated heterocycles. The topological polar surface area (TPSA) is 48.1 Å². The monoisotopic (exact) mass is 326 g/mol. The summed E-state index contributed by atoms with van der Waals surface area (Å²) in [6.45, 7) is 7.59. The SMILES string of the molecule is CCNC(=S)NCCSSCCNC(=S)NCC. The zero-order valence-electron chi connectivity index (χ0n) is 10.9. The van der Waals surface area contributed by atoms with Crippen LogP contribution in [-0.2, 0) is 0 Å². The second-order valence-corrected chi connectivity index (χ2v) is 6.74. The van der Waals surface area contributed by atoms with E-state index >= 15 is 0 Å². The third-order valence-corrected chi connectivity index (χ3v) is 4.69. The molecule has 8 heteroatoms. The average Bonchev–Trinajstić information content (AvgIpc) is 2.33. The van der Waals surface area contributed by atoms with Crippen LogP contribution in [0.15, 0.2) is 0 Å². The molecule has 0 aromatic rings. The van der Waals surface area contributed by atoms with Crippen molar-refractivity contribution < 1.29 is 0 Å². The van der Waals surface area contributed by atoms with Crippen LogP contribution in [-0.4, -0.2) is 47.9 Å². The van der Waals surface area contributed by atoms with Crippen LogP contribution in [0.5, 0.6) is 0 Å². The van der Waals surface area contributed by atoms with Crippen LogP contribution in [0, 0.1) is 0 Å². The summed E-state index contributed by atoms with van der Waals surface area (Å²) in [5.41, 5.74) is 0. The maximum Gasteiger partial charge on any atom is 0.166 e. The zero-order valence-corrected chi connectivity index (χ0v) is 14.1. The van der Waals surface area contributed by atoms with Gasteiger partial charge in [0, 0.05) is 37.7 Å². The maximum atomic E-state index is 5.06. The molecule has 0 aliphatic heterocycles. The molecule has 18 heavy (non-hydrogen) atoms. The second-order valence-electron chi connectivity index (χ2n) is 3.22. The van der Waals surface area contributed by atoms with Gasteiger partial charge in [0.25, 0.3) is 0 Å². The van der Waals surface area contributed by atoms with E-state index < -0.39 is 0 Å². The van der Waals surface area contributed by atoms with Gasteiger partial charge in [0.2, 0.25) is 0 Å². The van der Waals surface area contributed by atoms with E-state index in [1.54, 1.807) is 0 Å². The number of rotatable bonds is 9. The van der Waals surface area contributed by atoms with Crippen molar-refractivity contribution in [2.45, 2.75) is 13.8 Å². The number of nitrogens with one attached hydrogen (secondary N) is 4. The third-order valence-electron chi connectivity index (χ3n) is 1.70. The van der Waals surface area contributed by atoms with Crippen molar-refractivity contribution in [2.75, 3.05) is 37.7 Å². The molecule has 0 rings (SSSR count). The van der Waals surface area contributed by atoms with E-state index in [1.165, 1.54) is 0 Å². The van der Waals surface area contributed by atoms with Crippen LogP contribution in [0.1, 0.15) is 13.8 Å². The van der Waals surface area contributed by atoms with Crippen LogP contribution in [0.2, 0.25) is 0 Å². The first kappa shape index (κ1) is 18.1. The highest BCUT2D eigenvalue weighted by atomic mass is 33.1. The van der Waals surface area contributed by atoms with Crippen molar-refractivity contribution >= 4 is 56.2 Å². The quantitative estimate of drug-likeness (QED) is 0.288. The van der Waals surface area contributed by atoms with Crippen LogP contribution in [0.3, 0.4) is 0 Å². The van der Waals surface area contributed by atoms with Gasteiger partial charge in [0.1, 0.15) is 0 Å². The van der Waals surface area contributed by atoms with E-state index in [9.17, 15) is 0 Å². The van der Waals surface area contributed by atoms with Gasteiger partial charge in [-0.1, -0.05) is 21.6 Å². The molecule has 0 atom stereocenters. The highest BCUT2D eigenvalue weighted by Crippen LogP contribution is 2.19. The van der Waals surface area contributed by atoms with E-state index in [0.717, 1.165) is 47.9 Å². The first-order chi connectivity index (χ1) is 8.70. The molecular weight excluding hydrogens is 304 g/mol. The molecular formula is C10H22N4S4. The largest absolute Gasteiger partial charge is 0.363 e. The molecule has 0 aromatic heterocycles. The molecule has 106 valence electrons. The summed E-state index contributed by atoms with van der Waals surface area (Å²) in [6.07, 6.45) is 0. The predicted molar refractivity (Wildman–Crippen MR) is 93.5 cm³/mol. The maximum absolute atomic E-state index is 5.06. The minimum atomic E-state index is 0.737. The molecule has 0 fully saturated rings. The highest BCUT2D eigenvalue weighted by molar-refractivity contribution is 8.76. The Labute approximate surface area is 129 Å². The Hall–Kier alpha value is 0.0800. The van der Waals surface area contributed by atoms with Gasteiger partial charge >= 0.3 is 0 Å². The Balaban J connectivity index is 3.16. The summed E-state index contributed by atoms with van der Waals surface area (Å²) in [5, 5.41) is 13.9. The van der Waals surface area contributed by atoms with Gasteiger partial charge < -0.3 is 21.3 Å². The molecule has 0 radical (unpaired) electrons. The smallest absolute Gasteiger partial charge is 0.166 e. The predicted octanol–water partition coefficient (Wildman–Crippen LogP) is 1.34. The first-order valence-corrected chi connectivity index (χ1v) is 9.29. The van der Waals surface area contributed by atoms with Gasteiger partial charge in [-0.15, -0.1) is 0 Å². The van der Waals surface area contributed by atoms with Crippen molar-refractivity contribution in [3.8, 4) is 0 Å². The summed E-state index contributed by atoms with van der Waals surface area (Å²) in [6, 6.07) is 0. The van der Waals surface area contributed by atoms with Crippen molar-refractivity contribution in [1.82, 2.24) is 21.3 Å². The van der Waals surface area contributed by atoms with E-state index in [2.05, 4.69) is 21.3 Å². The second kappa shape index (κ2) is 13.5. The molecule has 0 amide bonds. The van der Waals surface area contributed by atoms with E-state index in [-0.39, 0.29) is 0 Å². The fourth-order valence-corrected chi connectivity index (χ4v) is 3.28. The molecule has 0 bridgehead atoms. The molecule has 0 aromatic carbocycles. The summed E-state index contributed by atoms with van der Waals surface area (Å²) in [5.74, 6) is 2.07. The molecule has 4 N–H and O–H groups in total. The van der Waals surface area contributed by atoms with Crippen LogP contribution in [0.25, 0.3) is 0 Å². The van der Waals surface area contributed by atoms with Crippen molar-refractivity contribution in [2.24, 2.45) is 0 Å². The molecule has 0 aliphatic rings. The fraction of sp³-hybridized carbons (Fsp3) is 0.800. The molecule has 0 saturated carbocycles. The third kappa shape index (κ3) is 12.5. The minimum absolute atomic E-state index is 0.737. The average molecular weight is 327 g/mol. The Bertz CT molecular complexity index is 214. The van der Waals surface area contributed by atoms with Crippen molar-refractivity contribution in [1.29, 1.82) is 0 Å². The van der Waals surface area contributed by atoms with Gasteiger partial charge in [-0.25, -0.2) is 0 Å². The normalized spacial score (nSPS) is 9.67. The Kier molecular flexibility index (Phi) is 13.6. The number of hydrogen-bond donors (Lipinski definition) is 4. The fourth-order valence-electron chi connectivity index (χ4n) is 0.976. The number of hydrogen-bond acceptors (Lipinski definition) is 4. The molecule has 0 spiro atoms. The van der Waals surface area contributed by atoms with Gasteiger partial charge in [-0.3, -0.25) is 0 Å². The lowest BCUT2D eigenvalue weighted by atomic mass is 10.7. The summed E-state index contributed by atoms with van der Waals surface area (Å²) in [7, 11) is 3.68. The molecule has 0 unspecified atom stereocenters.